The van der Waals surface area contributed by atoms with E-state index in [1.54, 1.807) is 0 Å². The van der Waals surface area contributed by atoms with Crippen molar-refractivity contribution >= 4 is 10.9 Å². The lowest BCUT2D eigenvalue weighted by Crippen LogP contribution is -2.53. The van der Waals surface area contributed by atoms with Crippen LogP contribution in [-0.4, -0.2) is 63.2 Å². The predicted molar refractivity (Wildman–Crippen MR) is 173 cm³/mol. The molecule has 0 spiro atoms. The number of nitrogens with zero attached hydrogens (tertiary/aromatic N) is 2. The SMILES string of the molecule is CCCCOCCOCCn1c(C)c(C2C(O)C(c3c(-c4ccccc4)[nH]n(-c4ccccc4)c3=O)C2O)c2ccccc21. The molecule has 8 nitrogen and oxygen atoms in total. The van der Waals surface area contributed by atoms with Gasteiger partial charge in [-0.3, -0.25) is 9.89 Å². The molecule has 1 aliphatic carbocycles. The summed E-state index contributed by atoms with van der Waals surface area (Å²) < 4.78 is 15.2. The molecule has 2 unspecified atom stereocenters. The summed E-state index contributed by atoms with van der Waals surface area (Å²) >= 11 is 0. The van der Waals surface area contributed by atoms with E-state index in [0.717, 1.165) is 47.2 Å². The summed E-state index contributed by atoms with van der Waals surface area (Å²) in [7, 11) is 0. The Hall–Kier alpha value is -3.95. The molecule has 1 saturated carbocycles. The molecule has 6 rings (SSSR count). The molecule has 8 heteroatoms. The van der Waals surface area contributed by atoms with Gasteiger partial charge in [0, 0.05) is 41.6 Å². The number of hydrogen-bond acceptors (Lipinski definition) is 5. The Bertz CT molecular complexity index is 1730. The van der Waals surface area contributed by atoms with Crippen LogP contribution in [0.5, 0.6) is 0 Å². The van der Waals surface area contributed by atoms with Gasteiger partial charge in [0.2, 0.25) is 0 Å². The minimum absolute atomic E-state index is 0.272. The first-order chi connectivity index (χ1) is 21.5. The van der Waals surface area contributed by atoms with E-state index in [9.17, 15) is 15.0 Å². The highest BCUT2D eigenvalue weighted by Crippen LogP contribution is 2.51. The number of ether oxygens (including phenoxy) is 2. The minimum Gasteiger partial charge on any atom is -0.392 e. The second-order valence-electron chi connectivity index (χ2n) is 11.5. The Morgan fingerprint density at radius 3 is 2.09 bits per heavy atom. The number of aromatic amines is 1. The number of rotatable bonds is 13. The van der Waals surface area contributed by atoms with E-state index in [0.29, 0.717) is 43.3 Å². The predicted octanol–water partition coefficient (Wildman–Crippen LogP) is 5.53. The van der Waals surface area contributed by atoms with Crippen LogP contribution in [-0.2, 0) is 16.0 Å². The monoisotopic (exact) mass is 595 g/mol. The molecular weight excluding hydrogens is 554 g/mol. The van der Waals surface area contributed by atoms with E-state index >= 15 is 0 Å². The normalized spacial score (nSPS) is 19.8. The molecule has 0 saturated heterocycles. The first kappa shape index (κ1) is 30.1. The first-order valence-electron chi connectivity index (χ1n) is 15.6. The number of unbranched alkanes of at least 4 members (excludes halogenated alkanes) is 1. The highest BCUT2D eigenvalue weighted by molar-refractivity contribution is 5.86. The van der Waals surface area contributed by atoms with Crippen molar-refractivity contribution in [3.63, 3.8) is 0 Å². The van der Waals surface area contributed by atoms with Crippen molar-refractivity contribution in [2.24, 2.45) is 0 Å². The fourth-order valence-corrected chi connectivity index (χ4v) is 6.62. The molecule has 44 heavy (non-hydrogen) atoms. The van der Waals surface area contributed by atoms with Crippen LogP contribution in [0.25, 0.3) is 27.8 Å². The number of nitrogens with one attached hydrogen (secondary N) is 1. The van der Waals surface area contributed by atoms with Gasteiger partial charge in [-0.25, -0.2) is 4.68 Å². The van der Waals surface area contributed by atoms with Gasteiger partial charge in [0.25, 0.3) is 5.56 Å². The number of benzene rings is 3. The van der Waals surface area contributed by atoms with Crippen molar-refractivity contribution in [2.45, 2.75) is 57.3 Å². The first-order valence-corrected chi connectivity index (χ1v) is 15.6. The second kappa shape index (κ2) is 13.4. The maximum atomic E-state index is 13.9. The molecule has 3 N–H and O–H groups in total. The van der Waals surface area contributed by atoms with Crippen LogP contribution in [0, 0.1) is 6.92 Å². The number of hydrogen-bond donors (Lipinski definition) is 3. The van der Waals surface area contributed by atoms with Crippen molar-refractivity contribution in [3.8, 4) is 16.9 Å². The van der Waals surface area contributed by atoms with E-state index in [4.69, 9.17) is 9.47 Å². The molecular formula is C36H41N3O5. The highest BCUT2D eigenvalue weighted by atomic mass is 16.5. The summed E-state index contributed by atoms with van der Waals surface area (Å²) in [6, 6.07) is 27.0. The molecule has 1 fully saturated rings. The van der Waals surface area contributed by atoms with Gasteiger partial charge < -0.3 is 24.3 Å². The maximum absolute atomic E-state index is 13.9. The average molecular weight is 596 g/mol. The fraction of sp³-hybridized carbons (Fsp3) is 0.361. The standard InChI is InChI=1S/C36H41N3O5/c1-3-4-20-43-22-23-44-21-19-38-24(2)29(27-17-11-12-18-28(27)38)31-34(40)32(35(31)41)30-33(25-13-7-5-8-14-25)37-39(36(30)42)26-15-9-6-10-16-26/h5-18,31-32,34-35,37,40-41H,3-4,19-23H2,1-2H3. The van der Waals surface area contributed by atoms with Gasteiger partial charge in [-0.05, 0) is 42.7 Å². The van der Waals surface area contributed by atoms with E-state index < -0.39 is 24.0 Å². The number of fused-ring (bicyclic) bond motifs is 1. The summed E-state index contributed by atoms with van der Waals surface area (Å²) in [6.45, 7) is 7.21. The molecule has 0 aliphatic heterocycles. The Labute approximate surface area is 257 Å². The molecule has 0 radical (unpaired) electrons. The summed E-state index contributed by atoms with van der Waals surface area (Å²) in [4.78, 5) is 13.9. The van der Waals surface area contributed by atoms with E-state index in [2.05, 4.69) is 22.7 Å². The number of aliphatic hydroxyl groups excluding tert-OH is 2. The van der Waals surface area contributed by atoms with Crippen molar-refractivity contribution in [2.75, 3.05) is 26.4 Å². The van der Waals surface area contributed by atoms with Crippen LogP contribution >= 0.6 is 0 Å². The van der Waals surface area contributed by atoms with Crippen LogP contribution < -0.4 is 5.56 Å². The topological polar surface area (TPSA) is 102 Å². The van der Waals surface area contributed by atoms with Crippen LogP contribution in [0.2, 0.25) is 0 Å². The summed E-state index contributed by atoms with van der Waals surface area (Å²) in [5, 5.41) is 27.8. The summed E-state index contributed by atoms with van der Waals surface area (Å²) in [6.07, 6.45) is 0.265. The van der Waals surface area contributed by atoms with Gasteiger partial charge in [-0.2, -0.15) is 0 Å². The fourth-order valence-electron chi connectivity index (χ4n) is 6.62. The number of H-pyrrole nitrogens is 1. The Morgan fingerprint density at radius 2 is 1.39 bits per heavy atom. The molecule has 2 aromatic heterocycles. The van der Waals surface area contributed by atoms with Crippen LogP contribution in [0.1, 0.15) is 48.4 Å². The van der Waals surface area contributed by atoms with Gasteiger partial charge in [0.05, 0.1) is 49.0 Å². The summed E-state index contributed by atoms with van der Waals surface area (Å²) in [5.74, 6) is -1.29. The molecule has 0 bridgehead atoms. The molecule has 1 aliphatic rings. The Balaban J connectivity index is 1.29. The minimum atomic E-state index is -0.949. The van der Waals surface area contributed by atoms with E-state index in [1.165, 1.54) is 4.68 Å². The van der Waals surface area contributed by atoms with E-state index in [1.807, 2.05) is 85.8 Å². The largest absolute Gasteiger partial charge is 0.392 e. The lowest BCUT2D eigenvalue weighted by Gasteiger charge is -2.46. The molecule has 230 valence electrons. The molecule has 2 atom stereocenters. The average Bonchev–Trinajstić information content (AvgIpc) is 3.53. The van der Waals surface area contributed by atoms with Gasteiger partial charge in [0.1, 0.15) is 0 Å². The molecule has 5 aromatic rings. The van der Waals surface area contributed by atoms with Crippen molar-refractivity contribution < 1.29 is 19.7 Å². The third kappa shape index (κ3) is 5.55. The number of aromatic nitrogens is 3. The van der Waals surface area contributed by atoms with Gasteiger partial charge in [-0.15, -0.1) is 0 Å². The maximum Gasteiger partial charge on any atom is 0.275 e. The zero-order valence-electron chi connectivity index (χ0n) is 25.4. The third-order valence-electron chi connectivity index (χ3n) is 8.89. The zero-order valence-corrected chi connectivity index (χ0v) is 25.4. The molecule has 3 aromatic carbocycles. The summed E-state index contributed by atoms with van der Waals surface area (Å²) in [5.41, 5.74) is 5.17. The van der Waals surface area contributed by atoms with Crippen LogP contribution in [0.4, 0.5) is 0 Å². The van der Waals surface area contributed by atoms with Crippen molar-refractivity contribution in [1.29, 1.82) is 0 Å². The highest BCUT2D eigenvalue weighted by Gasteiger charge is 2.54. The van der Waals surface area contributed by atoms with Gasteiger partial charge >= 0.3 is 0 Å². The quantitative estimate of drug-likeness (QED) is 0.155. The van der Waals surface area contributed by atoms with Crippen LogP contribution in [0.15, 0.2) is 89.7 Å². The Kier molecular flexibility index (Phi) is 9.14. The van der Waals surface area contributed by atoms with E-state index in [-0.39, 0.29) is 5.56 Å². The molecule has 2 heterocycles. The number of aliphatic hydroxyl groups is 2. The number of para-hydroxylation sites is 2. The van der Waals surface area contributed by atoms with Crippen LogP contribution in [0.3, 0.4) is 0 Å². The third-order valence-corrected chi connectivity index (χ3v) is 8.89. The Morgan fingerprint density at radius 1 is 0.773 bits per heavy atom. The molecule has 0 amide bonds. The van der Waals surface area contributed by atoms with Crippen molar-refractivity contribution in [1.82, 2.24) is 14.3 Å². The lowest BCUT2D eigenvalue weighted by molar-refractivity contribution is -0.0784. The van der Waals surface area contributed by atoms with Gasteiger partial charge in [0.15, 0.2) is 0 Å². The lowest BCUT2D eigenvalue weighted by atomic mass is 9.62. The zero-order chi connectivity index (χ0) is 30.6. The van der Waals surface area contributed by atoms with Crippen molar-refractivity contribution in [3.05, 3.63) is 112 Å². The smallest absolute Gasteiger partial charge is 0.275 e. The van der Waals surface area contributed by atoms with Gasteiger partial charge in [-0.1, -0.05) is 80.1 Å². The second-order valence-corrected chi connectivity index (χ2v) is 11.5.